The molecule has 34 heavy (non-hydrogen) atoms. The normalized spacial score (nSPS) is 17.4. The highest BCUT2D eigenvalue weighted by atomic mass is 16.5. The Balaban J connectivity index is 1.67. The molecular weight excluding hydrogens is 432 g/mol. The number of aromatic nitrogens is 2. The molecule has 0 saturated carbocycles. The summed E-state index contributed by atoms with van der Waals surface area (Å²) in [6, 6.07) is 19.0. The second-order valence-electron chi connectivity index (χ2n) is 8.55. The van der Waals surface area contributed by atoms with E-state index >= 15 is 0 Å². The summed E-state index contributed by atoms with van der Waals surface area (Å²) in [6.07, 6.45) is 0.690. The Morgan fingerprint density at radius 2 is 1.85 bits per heavy atom. The second-order valence-corrected chi connectivity index (χ2v) is 8.55. The van der Waals surface area contributed by atoms with Gasteiger partial charge in [0, 0.05) is 32.4 Å². The monoisotopic (exact) mass is 462 g/mol. The number of methoxy groups -OCH3 is 2. The molecule has 0 aliphatic carbocycles. The van der Waals surface area contributed by atoms with Gasteiger partial charge in [0.2, 0.25) is 5.91 Å². The van der Waals surface area contributed by atoms with Crippen LogP contribution in [0.5, 0.6) is 5.75 Å². The Morgan fingerprint density at radius 1 is 1.12 bits per heavy atom. The van der Waals surface area contributed by atoms with Crippen LogP contribution in [0, 0.1) is 0 Å². The maximum Gasteiger partial charge on any atom is 0.273 e. The SMILES string of the molecule is COCCCNC(=O)[C@@]1(C)Cn2nc(-c3ccccc3)cc2C(=O)N1Cc1ccc(OC)cc1. The van der Waals surface area contributed by atoms with Crippen LogP contribution in [0.4, 0.5) is 0 Å². The van der Waals surface area contributed by atoms with Gasteiger partial charge >= 0.3 is 0 Å². The van der Waals surface area contributed by atoms with Crippen LogP contribution < -0.4 is 10.1 Å². The molecular formula is C26H30N4O4. The third-order valence-electron chi connectivity index (χ3n) is 6.17. The summed E-state index contributed by atoms with van der Waals surface area (Å²) < 4.78 is 12.0. The van der Waals surface area contributed by atoms with Crippen LogP contribution in [0.25, 0.3) is 11.3 Å². The van der Waals surface area contributed by atoms with Crippen molar-refractivity contribution in [2.75, 3.05) is 27.4 Å². The van der Waals surface area contributed by atoms with E-state index in [1.807, 2.05) is 54.6 Å². The molecule has 0 radical (unpaired) electrons. The molecule has 2 heterocycles. The molecule has 4 rings (SSSR count). The Kier molecular flexibility index (Phi) is 6.98. The van der Waals surface area contributed by atoms with Gasteiger partial charge in [-0.05, 0) is 37.1 Å². The van der Waals surface area contributed by atoms with Crippen molar-refractivity contribution in [3.63, 3.8) is 0 Å². The highest BCUT2D eigenvalue weighted by molar-refractivity contribution is 6.00. The lowest BCUT2D eigenvalue weighted by molar-refractivity contribution is -0.133. The number of nitrogens with one attached hydrogen (secondary N) is 1. The number of hydrogen-bond acceptors (Lipinski definition) is 5. The number of amides is 2. The highest BCUT2D eigenvalue weighted by Crippen LogP contribution is 2.31. The molecule has 1 aliphatic heterocycles. The van der Waals surface area contributed by atoms with Gasteiger partial charge in [0.1, 0.15) is 17.0 Å². The fraction of sp³-hybridized carbons (Fsp3) is 0.346. The fourth-order valence-corrected chi connectivity index (χ4v) is 4.16. The molecule has 2 aromatic carbocycles. The van der Waals surface area contributed by atoms with Crippen molar-refractivity contribution in [2.45, 2.75) is 32.0 Å². The van der Waals surface area contributed by atoms with E-state index in [0.717, 1.165) is 16.9 Å². The van der Waals surface area contributed by atoms with Crippen LogP contribution in [0.2, 0.25) is 0 Å². The maximum absolute atomic E-state index is 13.7. The predicted molar refractivity (Wildman–Crippen MR) is 128 cm³/mol. The second kappa shape index (κ2) is 10.1. The molecule has 0 saturated heterocycles. The fourth-order valence-electron chi connectivity index (χ4n) is 4.16. The van der Waals surface area contributed by atoms with E-state index in [9.17, 15) is 9.59 Å². The first kappa shape index (κ1) is 23.5. The van der Waals surface area contributed by atoms with Crippen molar-refractivity contribution >= 4 is 11.8 Å². The lowest BCUT2D eigenvalue weighted by Crippen LogP contribution is -2.63. The van der Waals surface area contributed by atoms with Gasteiger partial charge in [-0.25, -0.2) is 0 Å². The molecule has 1 aromatic heterocycles. The molecule has 0 bridgehead atoms. The lowest BCUT2D eigenvalue weighted by Gasteiger charge is -2.43. The van der Waals surface area contributed by atoms with Crippen LogP contribution in [-0.4, -0.2) is 59.4 Å². The number of hydrogen-bond donors (Lipinski definition) is 1. The zero-order valence-electron chi connectivity index (χ0n) is 19.8. The van der Waals surface area contributed by atoms with Crippen molar-refractivity contribution in [3.8, 4) is 17.0 Å². The van der Waals surface area contributed by atoms with Gasteiger partial charge in [-0.2, -0.15) is 5.10 Å². The molecule has 3 aromatic rings. The number of carbonyl (C=O) groups excluding carboxylic acids is 2. The van der Waals surface area contributed by atoms with E-state index in [0.29, 0.717) is 31.0 Å². The average molecular weight is 463 g/mol. The van der Waals surface area contributed by atoms with Crippen molar-refractivity contribution in [2.24, 2.45) is 0 Å². The van der Waals surface area contributed by atoms with Crippen LogP contribution >= 0.6 is 0 Å². The molecule has 1 atom stereocenters. The van der Waals surface area contributed by atoms with Gasteiger partial charge in [-0.15, -0.1) is 0 Å². The van der Waals surface area contributed by atoms with Gasteiger partial charge in [0.15, 0.2) is 0 Å². The average Bonchev–Trinajstić information content (AvgIpc) is 3.29. The van der Waals surface area contributed by atoms with E-state index in [2.05, 4.69) is 10.4 Å². The lowest BCUT2D eigenvalue weighted by atomic mass is 9.94. The van der Waals surface area contributed by atoms with Gasteiger partial charge in [-0.1, -0.05) is 42.5 Å². The molecule has 0 unspecified atom stereocenters. The standard InChI is InChI=1S/C26H30N4O4/c1-26(25(32)27-14-7-15-33-2)18-30-23(16-22(28-30)20-8-5-4-6-9-20)24(31)29(26)17-19-10-12-21(34-3)13-11-19/h4-6,8-13,16H,7,14-15,17-18H2,1-3H3,(H,27,32)/t26-/m1/s1. The molecule has 178 valence electrons. The first-order valence-electron chi connectivity index (χ1n) is 11.3. The largest absolute Gasteiger partial charge is 0.497 e. The van der Waals surface area contributed by atoms with Crippen molar-refractivity contribution in [1.29, 1.82) is 0 Å². The Morgan fingerprint density at radius 3 is 2.53 bits per heavy atom. The Bertz CT molecular complexity index is 1140. The van der Waals surface area contributed by atoms with Crippen LogP contribution in [0.15, 0.2) is 60.7 Å². The summed E-state index contributed by atoms with van der Waals surface area (Å²) in [5.74, 6) is 0.289. The summed E-state index contributed by atoms with van der Waals surface area (Å²) in [5, 5.41) is 7.65. The van der Waals surface area contributed by atoms with Gasteiger partial charge < -0.3 is 19.7 Å². The summed E-state index contributed by atoms with van der Waals surface area (Å²) in [4.78, 5) is 28.8. The first-order chi connectivity index (χ1) is 16.5. The number of carbonyl (C=O) groups is 2. The zero-order valence-corrected chi connectivity index (χ0v) is 19.8. The molecule has 0 fully saturated rings. The van der Waals surface area contributed by atoms with Gasteiger partial charge in [0.25, 0.3) is 5.91 Å². The maximum atomic E-state index is 13.7. The third-order valence-corrected chi connectivity index (χ3v) is 6.17. The van der Waals surface area contributed by atoms with Crippen molar-refractivity contribution in [1.82, 2.24) is 20.0 Å². The van der Waals surface area contributed by atoms with Crippen LogP contribution in [0.1, 0.15) is 29.4 Å². The summed E-state index contributed by atoms with van der Waals surface area (Å²) in [5.41, 5.74) is 1.89. The first-order valence-corrected chi connectivity index (χ1v) is 11.3. The van der Waals surface area contributed by atoms with Crippen LogP contribution in [0.3, 0.4) is 0 Å². The Hall–Kier alpha value is -3.65. The molecule has 8 heteroatoms. The summed E-state index contributed by atoms with van der Waals surface area (Å²) in [7, 11) is 3.24. The number of benzene rings is 2. The molecule has 1 aliphatic rings. The number of ether oxygens (including phenoxy) is 2. The topological polar surface area (TPSA) is 85.7 Å². The predicted octanol–water partition coefficient (Wildman–Crippen LogP) is 3.13. The highest BCUT2D eigenvalue weighted by Gasteiger charge is 2.47. The minimum absolute atomic E-state index is 0.215. The number of rotatable bonds is 9. The van der Waals surface area contributed by atoms with E-state index in [1.165, 1.54) is 0 Å². The molecule has 8 nitrogen and oxygen atoms in total. The minimum Gasteiger partial charge on any atom is -0.497 e. The zero-order chi connectivity index (χ0) is 24.1. The van der Waals surface area contributed by atoms with Gasteiger partial charge in [0.05, 0.1) is 19.3 Å². The third kappa shape index (κ3) is 4.68. The van der Waals surface area contributed by atoms with E-state index in [-0.39, 0.29) is 24.9 Å². The number of nitrogens with zero attached hydrogens (tertiary/aromatic N) is 3. The summed E-state index contributed by atoms with van der Waals surface area (Å²) in [6.45, 7) is 3.36. The minimum atomic E-state index is -1.11. The van der Waals surface area contributed by atoms with Crippen molar-refractivity contribution < 1.29 is 19.1 Å². The summed E-state index contributed by atoms with van der Waals surface area (Å²) >= 11 is 0. The quantitative estimate of drug-likeness (QED) is 0.494. The molecule has 2 amide bonds. The van der Waals surface area contributed by atoms with Gasteiger partial charge in [-0.3, -0.25) is 14.3 Å². The van der Waals surface area contributed by atoms with E-state index in [4.69, 9.17) is 9.47 Å². The van der Waals surface area contributed by atoms with E-state index in [1.54, 1.807) is 36.8 Å². The van der Waals surface area contributed by atoms with Crippen molar-refractivity contribution in [3.05, 3.63) is 71.9 Å². The van der Waals surface area contributed by atoms with E-state index < -0.39 is 5.54 Å². The molecule has 1 N–H and O–H groups in total. The smallest absolute Gasteiger partial charge is 0.273 e. The number of fused-ring (bicyclic) bond motifs is 1. The Labute approximate surface area is 199 Å². The van der Waals surface area contributed by atoms with Crippen LogP contribution in [-0.2, 0) is 22.6 Å². The molecule has 0 spiro atoms.